The third kappa shape index (κ3) is 5.17. The summed E-state index contributed by atoms with van der Waals surface area (Å²) in [6.45, 7) is 2.18. The summed E-state index contributed by atoms with van der Waals surface area (Å²) in [4.78, 5) is 10.4. The van der Waals surface area contributed by atoms with Crippen molar-refractivity contribution < 1.29 is 9.90 Å². The highest BCUT2D eigenvalue weighted by molar-refractivity contribution is 5.67. The molecule has 0 amide bonds. The summed E-state index contributed by atoms with van der Waals surface area (Å²) in [7, 11) is 0. The van der Waals surface area contributed by atoms with Gasteiger partial charge in [0.1, 0.15) is 0 Å². The van der Waals surface area contributed by atoms with Crippen LogP contribution in [0.3, 0.4) is 0 Å². The normalized spacial score (nSPS) is 20.7. The molecule has 1 rings (SSSR count). The van der Waals surface area contributed by atoms with Gasteiger partial charge in [-0.25, -0.2) is 0 Å². The highest BCUT2D eigenvalue weighted by Crippen LogP contribution is 2.32. The van der Waals surface area contributed by atoms with Crippen molar-refractivity contribution in [1.29, 1.82) is 0 Å². The number of rotatable bonds is 7. The molecule has 1 fully saturated rings. The Labute approximate surface area is 92.0 Å². The van der Waals surface area contributed by atoms with Crippen LogP contribution < -0.4 is 5.73 Å². The van der Waals surface area contributed by atoms with Gasteiger partial charge in [0.2, 0.25) is 0 Å². The van der Waals surface area contributed by atoms with Crippen molar-refractivity contribution in [3.8, 4) is 0 Å². The fraction of sp³-hybridized carbons (Fsp3) is 0.917. The minimum atomic E-state index is -0.784. The third-order valence-electron chi connectivity index (χ3n) is 3.43. The fourth-order valence-electron chi connectivity index (χ4n) is 2.24. The van der Waals surface area contributed by atoms with Crippen LogP contribution in [0.25, 0.3) is 0 Å². The van der Waals surface area contributed by atoms with Crippen LogP contribution in [-0.4, -0.2) is 17.1 Å². The van der Waals surface area contributed by atoms with E-state index >= 15 is 0 Å². The molecule has 88 valence electrons. The van der Waals surface area contributed by atoms with E-state index in [0.717, 1.165) is 12.3 Å². The van der Waals surface area contributed by atoms with Crippen LogP contribution in [0.15, 0.2) is 0 Å². The van der Waals surface area contributed by atoms with E-state index in [4.69, 9.17) is 10.8 Å². The van der Waals surface area contributed by atoms with Crippen molar-refractivity contribution in [2.24, 2.45) is 17.6 Å². The monoisotopic (exact) mass is 213 g/mol. The van der Waals surface area contributed by atoms with Gasteiger partial charge in [-0.15, -0.1) is 0 Å². The highest BCUT2D eigenvalue weighted by Gasteiger charge is 2.19. The molecule has 3 nitrogen and oxygen atoms in total. The van der Waals surface area contributed by atoms with E-state index in [2.05, 4.69) is 6.92 Å². The van der Waals surface area contributed by atoms with Gasteiger partial charge in [0.25, 0.3) is 0 Å². The summed E-state index contributed by atoms with van der Waals surface area (Å²) >= 11 is 0. The van der Waals surface area contributed by atoms with Gasteiger partial charge >= 0.3 is 5.97 Å². The molecule has 0 aromatic heterocycles. The second kappa shape index (κ2) is 6.11. The van der Waals surface area contributed by atoms with E-state index in [1.165, 1.54) is 32.1 Å². The van der Waals surface area contributed by atoms with Crippen molar-refractivity contribution >= 4 is 5.97 Å². The third-order valence-corrected chi connectivity index (χ3v) is 3.43. The smallest absolute Gasteiger partial charge is 0.304 e. The first-order valence-corrected chi connectivity index (χ1v) is 6.05. The topological polar surface area (TPSA) is 63.3 Å². The molecule has 3 N–H and O–H groups in total. The Morgan fingerprint density at radius 2 is 2.20 bits per heavy atom. The van der Waals surface area contributed by atoms with E-state index in [9.17, 15) is 4.79 Å². The SMILES string of the molecule is CC(CCC1CCC1)CC(N)CC(=O)O. The Kier molecular flexibility index (Phi) is 5.09. The number of carboxylic acid groups (broad SMARTS) is 1. The lowest BCUT2D eigenvalue weighted by Gasteiger charge is -2.27. The summed E-state index contributed by atoms with van der Waals surface area (Å²) in [6, 6.07) is -0.168. The zero-order chi connectivity index (χ0) is 11.3. The van der Waals surface area contributed by atoms with Crippen LogP contribution in [-0.2, 0) is 4.79 Å². The van der Waals surface area contributed by atoms with Crippen LogP contribution in [0.4, 0.5) is 0 Å². The maximum Gasteiger partial charge on any atom is 0.304 e. The Morgan fingerprint density at radius 3 is 2.67 bits per heavy atom. The Balaban J connectivity index is 2.05. The molecular weight excluding hydrogens is 190 g/mol. The summed E-state index contributed by atoms with van der Waals surface area (Å²) < 4.78 is 0. The standard InChI is InChI=1S/C12H23NO2/c1-9(5-6-10-3-2-4-10)7-11(13)8-12(14)15/h9-11H,2-8,13H2,1H3,(H,14,15). The molecule has 0 aromatic carbocycles. The molecule has 0 aliphatic heterocycles. The number of carboxylic acids is 1. The van der Waals surface area contributed by atoms with Gasteiger partial charge in [-0.1, -0.05) is 39.0 Å². The van der Waals surface area contributed by atoms with Crippen molar-refractivity contribution in [3.63, 3.8) is 0 Å². The molecule has 3 heteroatoms. The van der Waals surface area contributed by atoms with Crippen LogP contribution in [0.5, 0.6) is 0 Å². The quantitative estimate of drug-likeness (QED) is 0.682. The molecule has 1 saturated carbocycles. The zero-order valence-corrected chi connectivity index (χ0v) is 9.61. The number of hydrogen-bond acceptors (Lipinski definition) is 2. The number of nitrogens with two attached hydrogens (primary N) is 1. The second-order valence-corrected chi connectivity index (χ2v) is 5.07. The minimum Gasteiger partial charge on any atom is -0.481 e. The van der Waals surface area contributed by atoms with Gasteiger partial charge < -0.3 is 10.8 Å². The number of hydrogen-bond donors (Lipinski definition) is 2. The summed E-state index contributed by atoms with van der Waals surface area (Å²) in [5.41, 5.74) is 5.75. The maximum atomic E-state index is 10.4. The van der Waals surface area contributed by atoms with E-state index in [1.807, 2.05) is 0 Å². The summed E-state index contributed by atoms with van der Waals surface area (Å²) in [6.07, 6.45) is 7.66. The van der Waals surface area contributed by atoms with Crippen LogP contribution in [0, 0.1) is 11.8 Å². The lowest BCUT2D eigenvalue weighted by atomic mass is 9.80. The van der Waals surface area contributed by atoms with E-state index in [0.29, 0.717) is 5.92 Å². The minimum absolute atomic E-state index is 0.105. The molecule has 0 aromatic rings. The van der Waals surface area contributed by atoms with Crippen molar-refractivity contribution in [2.45, 2.75) is 57.9 Å². The average Bonchev–Trinajstić information content (AvgIpc) is 1.98. The lowest BCUT2D eigenvalue weighted by Crippen LogP contribution is -2.26. The Hall–Kier alpha value is -0.570. The van der Waals surface area contributed by atoms with Gasteiger partial charge in [-0.05, 0) is 18.3 Å². The molecule has 0 heterocycles. The van der Waals surface area contributed by atoms with Crippen LogP contribution in [0.1, 0.15) is 51.9 Å². The Morgan fingerprint density at radius 1 is 1.53 bits per heavy atom. The molecule has 0 radical (unpaired) electrons. The largest absolute Gasteiger partial charge is 0.481 e. The lowest BCUT2D eigenvalue weighted by molar-refractivity contribution is -0.137. The maximum absolute atomic E-state index is 10.4. The van der Waals surface area contributed by atoms with Gasteiger partial charge in [0.05, 0.1) is 6.42 Å². The van der Waals surface area contributed by atoms with Crippen LogP contribution >= 0.6 is 0 Å². The molecule has 0 bridgehead atoms. The summed E-state index contributed by atoms with van der Waals surface area (Å²) in [5.74, 6) is 0.733. The predicted molar refractivity (Wildman–Crippen MR) is 60.6 cm³/mol. The van der Waals surface area contributed by atoms with E-state index in [-0.39, 0.29) is 12.5 Å². The molecule has 2 unspecified atom stereocenters. The van der Waals surface area contributed by atoms with Gasteiger partial charge in [0.15, 0.2) is 0 Å². The van der Waals surface area contributed by atoms with Gasteiger partial charge in [0, 0.05) is 6.04 Å². The van der Waals surface area contributed by atoms with E-state index in [1.54, 1.807) is 0 Å². The van der Waals surface area contributed by atoms with Crippen molar-refractivity contribution in [3.05, 3.63) is 0 Å². The summed E-state index contributed by atoms with van der Waals surface area (Å²) in [5, 5.41) is 8.58. The predicted octanol–water partition coefficient (Wildman–Crippen LogP) is 2.39. The number of aliphatic carboxylic acids is 1. The number of carbonyl (C=O) groups is 1. The fourth-order valence-corrected chi connectivity index (χ4v) is 2.24. The molecule has 15 heavy (non-hydrogen) atoms. The zero-order valence-electron chi connectivity index (χ0n) is 9.61. The van der Waals surface area contributed by atoms with E-state index < -0.39 is 5.97 Å². The first kappa shape index (κ1) is 12.5. The molecule has 0 spiro atoms. The molecule has 2 atom stereocenters. The van der Waals surface area contributed by atoms with Gasteiger partial charge in [-0.2, -0.15) is 0 Å². The molecule has 1 aliphatic carbocycles. The van der Waals surface area contributed by atoms with Crippen molar-refractivity contribution in [2.75, 3.05) is 0 Å². The van der Waals surface area contributed by atoms with Gasteiger partial charge in [-0.3, -0.25) is 4.79 Å². The first-order chi connectivity index (χ1) is 7.08. The van der Waals surface area contributed by atoms with Crippen LogP contribution in [0.2, 0.25) is 0 Å². The average molecular weight is 213 g/mol. The molecular formula is C12H23NO2. The Bertz CT molecular complexity index is 202. The second-order valence-electron chi connectivity index (χ2n) is 5.07. The highest BCUT2D eigenvalue weighted by atomic mass is 16.4. The first-order valence-electron chi connectivity index (χ1n) is 6.05. The molecule has 0 saturated heterocycles. The van der Waals surface area contributed by atoms with Crippen molar-refractivity contribution in [1.82, 2.24) is 0 Å². The molecule has 1 aliphatic rings.